The number of aryl methyl sites for hydroxylation is 1. The monoisotopic (exact) mass is 281 g/mol. The summed E-state index contributed by atoms with van der Waals surface area (Å²) in [6.07, 6.45) is 1.55. The van der Waals surface area contributed by atoms with E-state index in [2.05, 4.69) is 0 Å². The van der Waals surface area contributed by atoms with Crippen LogP contribution in [-0.4, -0.2) is 18.2 Å². The van der Waals surface area contributed by atoms with Gasteiger partial charge in [0.2, 0.25) is 5.78 Å². The molecule has 0 fully saturated rings. The molecule has 0 bridgehead atoms. The lowest BCUT2D eigenvalue weighted by atomic mass is 9.81. The molecule has 0 N–H and O–H groups in total. The van der Waals surface area contributed by atoms with Crippen LogP contribution in [0.4, 0.5) is 0 Å². The van der Waals surface area contributed by atoms with E-state index in [0.29, 0.717) is 17.7 Å². The summed E-state index contributed by atoms with van der Waals surface area (Å²) in [7, 11) is 0. The molecule has 2 aliphatic carbocycles. The number of carbonyl (C=O) groups excluding carboxylic acids is 2. The van der Waals surface area contributed by atoms with Crippen molar-refractivity contribution in [2.75, 3.05) is 6.61 Å². The number of nitrogens with zero attached hydrogens (tertiary/aromatic N) is 1. The number of fused-ring (bicyclic) bond motifs is 3. The fourth-order valence-corrected chi connectivity index (χ4v) is 3.22. The van der Waals surface area contributed by atoms with Crippen molar-refractivity contribution in [1.29, 1.82) is 5.26 Å². The number of benzene rings is 1. The summed E-state index contributed by atoms with van der Waals surface area (Å²) in [5.41, 5.74) is 2.91. The third kappa shape index (κ3) is 1.85. The molecule has 0 saturated heterocycles. The molecule has 1 aromatic carbocycles. The van der Waals surface area contributed by atoms with Crippen LogP contribution in [0.15, 0.2) is 23.3 Å². The predicted molar refractivity (Wildman–Crippen MR) is 76.1 cm³/mol. The number of hydrogen-bond acceptors (Lipinski definition) is 4. The number of ether oxygens (including phenoxy) is 1. The summed E-state index contributed by atoms with van der Waals surface area (Å²) >= 11 is 0. The smallest absolute Gasteiger partial charge is 0.204 e. The predicted octanol–water partition coefficient (Wildman–Crippen LogP) is 2.93. The average molecular weight is 281 g/mol. The molecule has 0 aromatic heterocycles. The van der Waals surface area contributed by atoms with Gasteiger partial charge in [0.15, 0.2) is 5.78 Å². The minimum absolute atomic E-state index is 0.0431. The van der Waals surface area contributed by atoms with E-state index < -0.39 is 0 Å². The highest BCUT2D eigenvalue weighted by Crippen LogP contribution is 2.41. The minimum atomic E-state index is -0.352. The molecule has 21 heavy (non-hydrogen) atoms. The molecule has 0 saturated carbocycles. The number of ketones is 2. The van der Waals surface area contributed by atoms with Crippen LogP contribution in [0, 0.1) is 11.3 Å². The van der Waals surface area contributed by atoms with E-state index >= 15 is 0 Å². The molecule has 0 heterocycles. The van der Waals surface area contributed by atoms with E-state index in [0.717, 1.165) is 24.0 Å². The van der Waals surface area contributed by atoms with E-state index in [9.17, 15) is 9.59 Å². The number of hydrogen-bond donors (Lipinski definition) is 0. The highest BCUT2D eigenvalue weighted by molar-refractivity contribution is 6.28. The van der Waals surface area contributed by atoms with Crippen LogP contribution in [0.3, 0.4) is 0 Å². The Labute approximate surface area is 123 Å². The molecular weight excluding hydrogens is 266 g/mol. The van der Waals surface area contributed by atoms with Crippen molar-refractivity contribution in [2.24, 2.45) is 0 Å². The minimum Gasteiger partial charge on any atom is -0.374 e. The number of Topliss-reactive ketones (excluding diaryl/α,β-unsaturated/α-hetero) is 2. The van der Waals surface area contributed by atoms with Gasteiger partial charge >= 0.3 is 0 Å². The SMILES string of the molecule is CCOC1CCc2ccc3c(c21)C(=O)C(C)=C(C#N)C3=O. The van der Waals surface area contributed by atoms with Crippen molar-refractivity contribution in [3.63, 3.8) is 0 Å². The number of allylic oxidation sites excluding steroid dienone is 2. The standard InChI is InChI=1S/C17H15NO3/c1-3-21-13-7-5-10-4-6-11-15(14(10)13)16(19)9(2)12(8-18)17(11)20/h4,6,13H,3,5,7H2,1-2H3. The number of nitriles is 1. The Morgan fingerprint density at radius 3 is 2.76 bits per heavy atom. The number of rotatable bonds is 2. The Bertz CT molecular complexity index is 735. The lowest BCUT2D eigenvalue weighted by Crippen LogP contribution is -2.23. The normalized spacial score (nSPS) is 20.3. The van der Waals surface area contributed by atoms with Crippen LogP contribution in [-0.2, 0) is 11.2 Å². The third-order valence-corrected chi connectivity index (χ3v) is 4.23. The molecule has 0 radical (unpaired) electrons. The molecular formula is C17H15NO3. The fraction of sp³-hybridized carbons (Fsp3) is 0.353. The van der Waals surface area contributed by atoms with Gasteiger partial charge in [-0.1, -0.05) is 6.07 Å². The highest BCUT2D eigenvalue weighted by Gasteiger charge is 2.37. The van der Waals surface area contributed by atoms with Gasteiger partial charge in [0.05, 0.1) is 6.10 Å². The van der Waals surface area contributed by atoms with Gasteiger partial charge in [-0.15, -0.1) is 0 Å². The van der Waals surface area contributed by atoms with E-state index in [1.807, 2.05) is 19.1 Å². The van der Waals surface area contributed by atoms with Crippen LogP contribution >= 0.6 is 0 Å². The first-order chi connectivity index (χ1) is 10.1. The molecule has 3 rings (SSSR count). The van der Waals surface area contributed by atoms with Crippen molar-refractivity contribution in [1.82, 2.24) is 0 Å². The Hall–Kier alpha value is -2.25. The number of carbonyl (C=O) groups is 2. The molecule has 1 unspecified atom stereocenters. The van der Waals surface area contributed by atoms with Crippen LogP contribution in [0.25, 0.3) is 0 Å². The molecule has 4 heteroatoms. The third-order valence-electron chi connectivity index (χ3n) is 4.23. The molecule has 0 aliphatic heterocycles. The summed E-state index contributed by atoms with van der Waals surface area (Å²) in [6, 6.07) is 5.41. The Kier molecular flexibility index (Phi) is 3.23. The molecule has 1 atom stereocenters. The van der Waals surface area contributed by atoms with Crippen LogP contribution < -0.4 is 0 Å². The van der Waals surface area contributed by atoms with Crippen molar-refractivity contribution in [2.45, 2.75) is 32.8 Å². The lowest BCUT2D eigenvalue weighted by Gasteiger charge is -2.21. The van der Waals surface area contributed by atoms with E-state index in [1.54, 1.807) is 13.0 Å². The van der Waals surface area contributed by atoms with Gasteiger partial charge in [0.25, 0.3) is 0 Å². The zero-order valence-corrected chi connectivity index (χ0v) is 12.0. The fourth-order valence-electron chi connectivity index (χ4n) is 3.22. The van der Waals surface area contributed by atoms with Gasteiger partial charge in [-0.3, -0.25) is 9.59 Å². The first-order valence-corrected chi connectivity index (χ1v) is 7.07. The zero-order valence-electron chi connectivity index (χ0n) is 12.0. The van der Waals surface area contributed by atoms with Crippen LogP contribution in [0.2, 0.25) is 0 Å². The highest BCUT2D eigenvalue weighted by atomic mass is 16.5. The lowest BCUT2D eigenvalue weighted by molar-refractivity contribution is 0.0629. The topological polar surface area (TPSA) is 67.2 Å². The first kappa shape index (κ1) is 13.7. The van der Waals surface area contributed by atoms with Gasteiger partial charge < -0.3 is 4.74 Å². The molecule has 1 aromatic rings. The van der Waals surface area contributed by atoms with E-state index in [-0.39, 0.29) is 28.8 Å². The summed E-state index contributed by atoms with van der Waals surface area (Å²) in [5, 5.41) is 9.10. The summed E-state index contributed by atoms with van der Waals surface area (Å²) in [6.45, 7) is 4.03. The maximum absolute atomic E-state index is 12.6. The Balaban J connectivity index is 2.24. The van der Waals surface area contributed by atoms with Gasteiger partial charge in [-0.05, 0) is 43.9 Å². The van der Waals surface area contributed by atoms with E-state index in [4.69, 9.17) is 10.00 Å². The second-order valence-corrected chi connectivity index (χ2v) is 5.31. The van der Waals surface area contributed by atoms with Crippen molar-refractivity contribution >= 4 is 11.6 Å². The van der Waals surface area contributed by atoms with Crippen molar-refractivity contribution < 1.29 is 14.3 Å². The van der Waals surface area contributed by atoms with Crippen molar-refractivity contribution in [3.8, 4) is 6.07 Å². The Morgan fingerprint density at radius 1 is 1.33 bits per heavy atom. The Morgan fingerprint density at radius 2 is 2.10 bits per heavy atom. The van der Waals surface area contributed by atoms with Gasteiger partial charge in [-0.25, -0.2) is 0 Å². The first-order valence-electron chi connectivity index (χ1n) is 7.07. The maximum Gasteiger partial charge on any atom is 0.204 e. The van der Waals surface area contributed by atoms with Crippen LogP contribution in [0.1, 0.15) is 58.2 Å². The zero-order chi connectivity index (χ0) is 15.1. The summed E-state index contributed by atoms with van der Waals surface area (Å²) in [4.78, 5) is 25.0. The summed E-state index contributed by atoms with van der Waals surface area (Å²) in [5.74, 6) is -0.570. The molecule has 4 nitrogen and oxygen atoms in total. The quantitative estimate of drug-likeness (QED) is 0.836. The summed E-state index contributed by atoms with van der Waals surface area (Å²) < 4.78 is 5.72. The second-order valence-electron chi connectivity index (χ2n) is 5.31. The second kappa shape index (κ2) is 4.94. The molecule has 106 valence electrons. The van der Waals surface area contributed by atoms with Crippen LogP contribution in [0.5, 0.6) is 0 Å². The van der Waals surface area contributed by atoms with E-state index in [1.165, 1.54) is 0 Å². The molecule has 2 aliphatic rings. The van der Waals surface area contributed by atoms with Gasteiger partial charge in [-0.2, -0.15) is 5.26 Å². The van der Waals surface area contributed by atoms with Gasteiger partial charge in [0, 0.05) is 23.3 Å². The largest absolute Gasteiger partial charge is 0.374 e. The van der Waals surface area contributed by atoms with Crippen molar-refractivity contribution in [3.05, 3.63) is 45.5 Å². The maximum atomic E-state index is 12.6. The molecule has 0 amide bonds. The molecule has 0 spiro atoms. The average Bonchev–Trinajstić information content (AvgIpc) is 2.88. The van der Waals surface area contributed by atoms with Gasteiger partial charge in [0.1, 0.15) is 11.6 Å².